The molecule has 0 amide bonds. The van der Waals surface area contributed by atoms with Crippen molar-refractivity contribution in [2.45, 2.75) is 32.0 Å². The number of benzene rings is 1. The van der Waals surface area contributed by atoms with Crippen molar-refractivity contribution in [2.75, 3.05) is 0 Å². The predicted octanol–water partition coefficient (Wildman–Crippen LogP) is 1.90. The molecule has 0 spiro atoms. The fraction of sp³-hybridized carbons (Fsp3) is 0.385. The van der Waals surface area contributed by atoms with Gasteiger partial charge in [-0.15, -0.1) is 10.2 Å². The van der Waals surface area contributed by atoms with Crippen LogP contribution in [0.5, 0.6) is 5.75 Å². The zero-order valence-electron chi connectivity index (χ0n) is 10.0. The first kappa shape index (κ1) is 11.2. The molecule has 0 aliphatic heterocycles. The van der Waals surface area contributed by atoms with E-state index < -0.39 is 0 Å². The summed E-state index contributed by atoms with van der Waals surface area (Å²) in [5.74, 6) is 1.92. The zero-order chi connectivity index (χ0) is 12.2. The fourth-order valence-electron chi connectivity index (χ4n) is 1.60. The minimum absolute atomic E-state index is 0.306. The van der Waals surface area contributed by atoms with E-state index in [0.29, 0.717) is 31.0 Å². The third-order valence-corrected chi connectivity index (χ3v) is 2.73. The molecule has 0 bridgehead atoms. The number of nitrogens with one attached hydrogen (secondary N) is 1. The summed E-state index contributed by atoms with van der Waals surface area (Å²) in [5.41, 5.74) is 0. The summed E-state index contributed by atoms with van der Waals surface area (Å²) >= 11 is 0. The summed E-state index contributed by atoms with van der Waals surface area (Å²) in [4.78, 5) is 0. The molecule has 1 N–H and O–H groups in total. The Morgan fingerprint density at radius 2 is 1.94 bits per heavy atom. The van der Waals surface area contributed by atoms with Crippen molar-refractivity contribution < 1.29 is 9.15 Å². The van der Waals surface area contributed by atoms with Gasteiger partial charge in [-0.05, 0) is 25.0 Å². The Morgan fingerprint density at radius 1 is 1.17 bits per heavy atom. The number of rotatable bonds is 6. The summed E-state index contributed by atoms with van der Waals surface area (Å²) in [6, 6.07) is 10.2. The quantitative estimate of drug-likeness (QED) is 0.842. The van der Waals surface area contributed by atoms with Crippen LogP contribution in [-0.4, -0.2) is 16.2 Å². The Kier molecular flexibility index (Phi) is 3.23. The molecular weight excluding hydrogens is 230 g/mol. The third kappa shape index (κ3) is 3.07. The third-order valence-electron chi connectivity index (χ3n) is 2.73. The van der Waals surface area contributed by atoms with Crippen LogP contribution < -0.4 is 10.1 Å². The van der Waals surface area contributed by atoms with E-state index in [0.717, 1.165) is 5.75 Å². The van der Waals surface area contributed by atoms with Gasteiger partial charge in [0, 0.05) is 6.04 Å². The maximum absolute atomic E-state index is 5.53. The highest BCUT2D eigenvalue weighted by atomic mass is 16.5. The molecule has 0 atom stereocenters. The van der Waals surface area contributed by atoms with E-state index in [1.165, 1.54) is 12.8 Å². The van der Waals surface area contributed by atoms with Gasteiger partial charge in [-0.1, -0.05) is 18.2 Å². The van der Waals surface area contributed by atoms with Crippen LogP contribution in [0.2, 0.25) is 0 Å². The molecule has 1 aliphatic carbocycles. The fourth-order valence-corrected chi connectivity index (χ4v) is 1.60. The Balaban J connectivity index is 1.50. The maximum Gasteiger partial charge on any atom is 0.253 e. The van der Waals surface area contributed by atoms with E-state index in [2.05, 4.69) is 15.5 Å². The molecule has 2 aromatic rings. The Labute approximate surface area is 105 Å². The van der Waals surface area contributed by atoms with Crippen LogP contribution >= 0.6 is 0 Å². The monoisotopic (exact) mass is 245 g/mol. The molecule has 94 valence electrons. The summed E-state index contributed by atoms with van der Waals surface area (Å²) in [7, 11) is 0. The van der Waals surface area contributed by atoms with Gasteiger partial charge >= 0.3 is 0 Å². The van der Waals surface area contributed by atoms with Gasteiger partial charge in [0.25, 0.3) is 5.89 Å². The van der Waals surface area contributed by atoms with E-state index in [1.54, 1.807) is 0 Å². The molecule has 1 saturated carbocycles. The van der Waals surface area contributed by atoms with E-state index in [4.69, 9.17) is 9.15 Å². The van der Waals surface area contributed by atoms with Crippen molar-refractivity contribution in [1.82, 2.24) is 15.5 Å². The first-order valence-corrected chi connectivity index (χ1v) is 6.12. The number of hydrogen-bond donors (Lipinski definition) is 1. The highest BCUT2D eigenvalue weighted by molar-refractivity contribution is 5.20. The molecule has 0 unspecified atom stereocenters. The number of ether oxygens (including phenoxy) is 1. The number of aromatic nitrogens is 2. The van der Waals surface area contributed by atoms with Crippen LogP contribution in [0, 0.1) is 0 Å². The summed E-state index contributed by atoms with van der Waals surface area (Å²) in [5, 5.41) is 11.2. The lowest BCUT2D eigenvalue weighted by molar-refractivity contribution is 0.258. The van der Waals surface area contributed by atoms with Crippen molar-refractivity contribution >= 4 is 0 Å². The molecular formula is C13H15N3O2. The average molecular weight is 245 g/mol. The van der Waals surface area contributed by atoms with E-state index in [9.17, 15) is 0 Å². The molecule has 3 rings (SSSR count). The first-order valence-electron chi connectivity index (χ1n) is 6.12. The van der Waals surface area contributed by atoms with Gasteiger partial charge < -0.3 is 14.5 Å². The first-order chi connectivity index (χ1) is 8.90. The van der Waals surface area contributed by atoms with Crippen LogP contribution in [0.25, 0.3) is 0 Å². The minimum atomic E-state index is 0.306. The average Bonchev–Trinajstić information content (AvgIpc) is 3.14. The lowest BCUT2D eigenvalue weighted by Crippen LogP contribution is -2.15. The second kappa shape index (κ2) is 5.18. The zero-order valence-corrected chi connectivity index (χ0v) is 10.0. The highest BCUT2D eigenvalue weighted by Gasteiger charge is 2.21. The van der Waals surface area contributed by atoms with Crippen LogP contribution in [0.1, 0.15) is 24.6 Å². The van der Waals surface area contributed by atoms with Crippen molar-refractivity contribution in [3.8, 4) is 5.75 Å². The second-order valence-corrected chi connectivity index (χ2v) is 4.35. The van der Waals surface area contributed by atoms with Crippen molar-refractivity contribution in [2.24, 2.45) is 0 Å². The number of para-hydroxylation sites is 1. The molecule has 1 heterocycles. The van der Waals surface area contributed by atoms with Crippen LogP contribution in [0.3, 0.4) is 0 Å². The molecule has 0 saturated heterocycles. The lowest BCUT2D eigenvalue weighted by Gasteiger charge is -2.01. The molecule has 5 nitrogen and oxygen atoms in total. The molecule has 18 heavy (non-hydrogen) atoms. The Morgan fingerprint density at radius 3 is 2.72 bits per heavy atom. The molecule has 1 aromatic carbocycles. The minimum Gasteiger partial charge on any atom is -0.484 e. The van der Waals surface area contributed by atoms with Crippen molar-refractivity contribution in [3.63, 3.8) is 0 Å². The van der Waals surface area contributed by atoms with Crippen LogP contribution in [0.15, 0.2) is 34.7 Å². The van der Waals surface area contributed by atoms with Gasteiger partial charge in [-0.25, -0.2) is 0 Å². The summed E-state index contributed by atoms with van der Waals surface area (Å²) < 4.78 is 11.0. The summed E-state index contributed by atoms with van der Waals surface area (Å²) in [6.07, 6.45) is 2.50. The van der Waals surface area contributed by atoms with Gasteiger partial charge in [0.2, 0.25) is 5.89 Å². The van der Waals surface area contributed by atoms with Crippen LogP contribution in [-0.2, 0) is 13.2 Å². The molecule has 5 heteroatoms. The van der Waals surface area contributed by atoms with E-state index >= 15 is 0 Å². The van der Waals surface area contributed by atoms with Gasteiger partial charge in [-0.2, -0.15) is 0 Å². The van der Waals surface area contributed by atoms with Crippen molar-refractivity contribution in [3.05, 3.63) is 42.1 Å². The Hall–Kier alpha value is -1.88. The predicted molar refractivity (Wildman–Crippen MR) is 64.9 cm³/mol. The lowest BCUT2D eigenvalue weighted by atomic mass is 10.3. The van der Waals surface area contributed by atoms with Gasteiger partial charge in [0.05, 0.1) is 6.54 Å². The molecule has 1 aliphatic rings. The van der Waals surface area contributed by atoms with Gasteiger partial charge in [0.15, 0.2) is 6.61 Å². The Bertz CT molecular complexity index is 494. The topological polar surface area (TPSA) is 60.2 Å². The van der Waals surface area contributed by atoms with E-state index in [-0.39, 0.29) is 0 Å². The maximum atomic E-state index is 5.53. The molecule has 1 aromatic heterocycles. The number of nitrogens with zero attached hydrogens (tertiary/aromatic N) is 2. The molecule has 0 radical (unpaired) electrons. The van der Waals surface area contributed by atoms with Crippen molar-refractivity contribution in [1.29, 1.82) is 0 Å². The number of hydrogen-bond acceptors (Lipinski definition) is 5. The summed E-state index contributed by atoms with van der Waals surface area (Å²) in [6.45, 7) is 0.948. The van der Waals surface area contributed by atoms with Gasteiger partial charge in [-0.3, -0.25) is 0 Å². The largest absolute Gasteiger partial charge is 0.484 e. The van der Waals surface area contributed by atoms with Crippen LogP contribution in [0.4, 0.5) is 0 Å². The smallest absolute Gasteiger partial charge is 0.253 e. The normalized spacial score (nSPS) is 14.7. The highest BCUT2D eigenvalue weighted by Crippen LogP contribution is 2.19. The molecule has 1 fully saturated rings. The van der Waals surface area contributed by atoms with Gasteiger partial charge in [0.1, 0.15) is 5.75 Å². The standard InChI is InChI=1S/C13H15N3O2/c1-2-4-11(5-3-1)17-9-13-16-15-12(18-13)8-14-10-6-7-10/h1-5,10,14H,6-9H2. The van der Waals surface area contributed by atoms with E-state index in [1.807, 2.05) is 30.3 Å². The second-order valence-electron chi connectivity index (χ2n) is 4.35. The SMILES string of the molecule is c1ccc(OCc2nnc(CNC3CC3)o2)cc1.